The third-order valence-electron chi connectivity index (χ3n) is 4.24. The lowest BCUT2D eigenvalue weighted by Gasteiger charge is -2.30. The Balaban J connectivity index is 2.23. The van der Waals surface area contributed by atoms with E-state index < -0.39 is 0 Å². The molecule has 0 spiro atoms. The largest absolute Gasteiger partial charge is 0.335 e. The predicted octanol–water partition coefficient (Wildman–Crippen LogP) is 3.89. The second kappa shape index (κ2) is 6.99. The van der Waals surface area contributed by atoms with Crippen LogP contribution in [0, 0.1) is 11.8 Å². The van der Waals surface area contributed by atoms with Gasteiger partial charge < -0.3 is 10.6 Å². The maximum absolute atomic E-state index is 12.7. The van der Waals surface area contributed by atoms with Gasteiger partial charge in [0.1, 0.15) is 0 Å². The lowest BCUT2D eigenvalue weighted by atomic mass is 9.93. The molecule has 116 valence electrons. The highest BCUT2D eigenvalue weighted by molar-refractivity contribution is 6.42. The Kier molecular flexibility index (Phi) is 5.53. The van der Waals surface area contributed by atoms with Crippen LogP contribution in [-0.4, -0.2) is 23.9 Å². The van der Waals surface area contributed by atoms with Gasteiger partial charge in [-0.05, 0) is 36.5 Å². The molecule has 1 saturated heterocycles. The van der Waals surface area contributed by atoms with Crippen LogP contribution in [0.2, 0.25) is 10.0 Å². The number of carbonyl (C=O) groups excluding carboxylic acids is 1. The highest BCUT2D eigenvalue weighted by Gasteiger charge is 2.34. The van der Waals surface area contributed by atoms with Crippen molar-refractivity contribution in [3.63, 3.8) is 0 Å². The van der Waals surface area contributed by atoms with Crippen LogP contribution in [0.15, 0.2) is 18.2 Å². The monoisotopic (exact) mass is 328 g/mol. The molecule has 1 aliphatic rings. The number of nitrogens with zero attached hydrogens (tertiary/aromatic N) is 1. The first-order valence-electron chi connectivity index (χ1n) is 7.41. The zero-order valence-electron chi connectivity index (χ0n) is 12.5. The molecule has 0 aliphatic carbocycles. The number of hydrogen-bond donors (Lipinski definition) is 1. The molecule has 2 N–H and O–H groups in total. The van der Waals surface area contributed by atoms with E-state index in [4.69, 9.17) is 28.9 Å². The minimum absolute atomic E-state index is 0.0834. The maximum Gasteiger partial charge on any atom is 0.227 e. The molecular formula is C16H22Cl2N2O. The molecule has 21 heavy (non-hydrogen) atoms. The summed E-state index contributed by atoms with van der Waals surface area (Å²) in [4.78, 5) is 14.7. The average molecular weight is 329 g/mol. The van der Waals surface area contributed by atoms with Crippen molar-refractivity contribution in [3.05, 3.63) is 33.8 Å². The molecule has 0 saturated carbocycles. The fourth-order valence-corrected chi connectivity index (χ4v) is 3.27. The Morgan fingerprint density at radius 3 is 2.67 bits per heavy atom. The van der Waals surface area contributed by atoms with Crippen molar-refractivity contribution in [3.8, 4) is 0 Å². The first-order chi connectivity index (χ1) is 9.95. The Morgan fingerprint density at radius 1 is 1.38 bits per heavy atom. The van der Waals surface area contributed by atoms with Crippen LogP contribution in [0.3, 0.4) is 0 Å². The van der Waals surface area contributed by atoms with Crippen molar-refractivity contribution in [2.75, 3.05) is 13.1 Å². The molecule has 2 atom stereocenters. The number of halogens is 2. The van der Waals surface area contributed by atoms with Crippen LogP contribution in [0.5, 0.6) is 0 Å². The van der Waals surface area contributed by atoms with Crippen LogP contribution in [-0.2, 0) is 4.79 Å². The summed E-state index contributed by atoms with van der Waals surface area (Å²) >= 11 is 12.1. The Morgan fingerprint density at radius 2 is 2.10 bits per heavy atom. The summed E-state index contributed by atoms with van der Waals surface area (Å²) in [6.07, 6.45) is 1.96. The number of likely N-dealkylation sites (tertiary alicyclic amines) is 1. The third-order valence-corrected chi connectivity index (χ3v) is 4.98. The van der Waals surface area contributed by atoms with E-state index in [1.165, 1.54) is 0 Å². The third kappa shape index (κ3) is 3.53. The molecule has 3 nitrogen and oxygen atoms in total. The minimum atomic E-state index is -0.117. The summed E-state index contributed by atoms with van der Waals surface area (Å²) in [5.41, 5.74) is 6.83. The van der Waals surface area contributed by atoms with Crippen LogP contribution >= 0.6 is 23.2 Å². The zero-order valence-corrected chi connectivity index (χ0v) is 14.0. The predicted molar refractivity (Wildman–Crippen MR) is 87.5 cm³/mol. The van der Waals surface area contributed by atoms with Gasteiger partial charge in [-0.1, -0.05) is 43.1 Å². The molecular weight excluding hydrogens is 307 g/mol. The van der Waals surface area contributed by atoms with Crippen molar-refractivity contribution in [2.45, 2.75) is 32.7 Å². The number of nitrogens with two attached hydrogens (primary N) is 1. The topological polar surface area (TPSA) is 46.3 Å². The van der Waals surface area contributed by atoms with E-state index in [9.17, 15) is 4.79 Å². The average Bonchev–Trinajstić information content (AvgIpc) is 2.91. The molecule has 1 aromatic carbocycles. The highest BCUT2D eigenvalue weighted by Crippen LogP contribution is 2.36. The number of amides is 1. The molecule has 1 heterocycles. The molecule has 2 rings (SSSR count). The minimum Gasteiger partial charge on any atom is -0.335 e. The van der Waals surface area contributed by atoms with Gasteiger partial charge >= 0.3 is 0 Å². The zero-order chi connectivity index (χ0) is 15.6. The van der Waals surface area contributed by atoms with Gasteiger partial charge in [0.25, 0.3) is 0 Å². The summed E-state index contributed by atoms with van der Waals surface area (Å²) in [5.74, 6) is 0.284. The van der Waals surface area contributed by atoms with Crippen LogP contribution in [0.25, 0.3) is 0 Å². The molecule has 0 bridgehead atoms. The first-order valence-corrected chi connectivity index (χ1v) is 8.16. The molecule has 5 heteroatoms. The molecule has 2 unspecified atom stereocenters. The van der Waals surface area contributed by atoms with Crippen molar-refractivity contribution in [1.82, 2.24) is 4.90 Å². The number of benzene rings is 1. The normalized spacial score (nSPS) is 20.1. The summed E-state index contributed by atoms with van der Waals surface area (Å²) in [7, 11) is 0. The maximum atomic E-state index is 12.7. The van der Waals surface area contributed by atoms with Crippen molar-refractivity contribution < 1.29 is 4.79 Å². The number of carbonyl (C=O) groups is 1. The molecule has 0 aromatic heterocycles. The van der Waals surface area contributed by atoms with Gasteiger partial charge in [-0.3, -0.25) is 4.79 Å². The number of hydrogen-bond acceptors (Lipinski definition) is 2. The summed E-state index contributed by atoms with van der Waals surface area (Å²) < 4.78 is 0. The van der Waals surface area contributed by atoms with Crippen molar-refractivity contribution in [2.24, 2.45) is 17.6 Å². The van der Waals surface area contributed by atoms with E-state index in [1.807, 2.05) is 30.9 Å². The van der Waals surface area contributed by atoms with E-state index in [-0.39, 0.29) is 23.8 Å². The molecule has 1 aromatic rings. The van der Waals surface area contributed by atoms with E-state index in [0.717, 1.165) is 24.9 Å². The van der Waals surface area contributed by atoms with Crippen LogP contribution < -0.4 is 5.73 Å². The SMILES string of the molecule is CC(C)C(CN)C(=O)N1CCCC1c1ccc(Cl)c(Cl)c1. The molecule has 1 aliphatic heterocycles. The van der Waals surface area contributed by atoms with Gasteiger partial charge in [-0.25, -0.2) is 0 Å². The van der Waals surface area contributed by atoms with E-state index in [1.54, 1.807) is 6.07 Å². The van der Waals surface area contributed by atoms with Gasteiger partial charge in [0.15, 0.2) is 0 Å². The Hall–Kier alpha value is -0.770. The van der Waals surface area contributed by atoms with Crippen molar-refractivity contribution >= 4 is 29.1 Å². The van der Waals surface area contributed by atoms with Gasteiger partial charge in [0.2, 0.25) is 5.91 Å². The fraction of sp³-hybridized carbons (Fsp3) is 0.562. The molecule has 1 amide bonds. The fourth-order valence-electron chi connectivity index (χ4n) is 2.97. The lowest BCUT2D eigenvalue weighted by molar-refractivity contribution is -0.137. The standard InChI is InChI=1S/C16H22Cl2N2O/c1-10(2)12(9-19)16(21)20-7-3-4-15(20)11-5-6-13(17)14(18)8-11/h5-6,8,10,12,15H,3-4,7,9,19H2,1-2H3. The highest BCUT2D eigenvalue weighted by atomic mass is 35.5. The lowest BCUT2D eigenvalue weighted by Crippen LogP contribution is -2.41. The van der Waals surface area contributed by atoms with Gasteiger partial charge in [0.05, 0.1) is 22.0 Å². The van der Waals surface area contributed by atoms with Crippen LogP contribution in [0.4, 0.5) is 0 Å². The Bertz CT molecular complexity index is 519. The van der Waals surface area contributed by atoms with E-state index in [2.05, 4.69) is 0 Å². The molecule has 0 radical (unpaired) electrons. The van der Waals surface area contributed by atoms with Crippen LogP contribution in [0.1, 0.15) is 38.3 Å². The second-order valence-electron chi connectivity index (χ2n) is 5.95. The summed E-state index contributed by atoms with van der Waals surface area (Å²) in [5, 5.41) is 1.08. The second-order valence-corrected chi connectivity index (χ2v) is 6.76. The van der Waals surface area contributed by atoms with E-state index in [0.29, 0.717) is 16.6 Å². The summed E-state index contributed by atoms with van der Waals surface area (Å²) in [6, 6.07) is 5.70. The number of rotatable bonds is 4. The van der Waals surface area contributed by atoms with Gasteiger partial charge in [-0.15, -0.1) is 0 Å². The smallest absolute Gasteiger partial charge is 0.227 e. The van der Waals surface area contributed by atoms with Gasteiger partial charge in [-0.2, -0.15) is 0 Å². The van der Waals surface area contributed by atoms with Gasteiger partial charge in [0, 0.05) is 13.1 Å². The molecule has 1 fully saturated rings. The quantitative estimate of drug-likeness (QED) is 0.911. The Labute approximate surface area is 136 Å². The van der Waals surface area contributed by atoms with Crippen molar-refractivity contribution in [1.29, 1.82) is 0 Å². The van der Waals surface area contributed by atoms with E-state index >= 15 is 0 Å². The first kappa shape index (κ1) is 16.6. The summed E-state index contributed by atoms with van der Waals surface area (Å²) in [6.45, 7) is 5.26.